The standard InChI is InChI=1S/C32H26/c1-19-15-25-27(17-21(19)3)31-30(24-13-9-6-10-14-24)26-16-20(2)22(4)18-28(26)32(31)29(25)23-11-7-5-8-12-23/h5-18H,1-4H3. The van der Waals surface area contributed by atoms with E-state index in [9.17, 15) is 0 Å². The van der Waals surface area contributed by atoms with Crippen LogP contribution in [0.2, 0.25) is 0 Å². The molecule has 0 amide bonds. The van der Waals surface area contributed by atoms with Crippen LogP contribution in [0.3, 0.4) is 0 Å². The number of rotatable bonds is 2. The smallest absolute Gasteiger partial charge is 0.000753 e. The van der Waals surface area contributed by atoms with E-state index in [1.54, 1.807) is 0 Å². The van der Waals surface area contributed by atoms with Gasteiger partial charge in [0.05, 0.1) is 0 Å². The highest BCUT2D eigenvalue weighted by Crippen LogP contribution is 2.38. The molecule has 0 N–H and O–H groups in total. The maximum Gasteiger partial charge on any atom is -0.000753 e. The molecule has 32 heavy (non-hydrogen) atoms. The largest absolute Gasteiger partial charge is 0.0622 e. The van der Waals surface area contributed by atoms with Crippen LogP contribution in [0.15, 0.2) is 84.9 Å². The van der Waals surface area contributed by atoms with Crippen molar-refractivity contribution in [2.75, 3.05) is 0 Å². The second-order valence-corrected chi connectivity index (χ2v) is 9.20. The van der Waals surface area contributed by atoms with Crippen LogP contribution < -0.4 is 20.9 Å². The molecule has 4 aromatic carbocycles. The van der Waals surface area contributed by atoms with Crippen molar-refractivity contribution < 1.29 is 0 Å². The summed E-state index contributed by atoms with van der Waals surface area (Å²) in [5.41, 5.74) is 13.5. The zero-order valence-electron chi connectivity index (χ0n) is 19.1. The van der Waals surface area contributed by atoms with Crippen LogP contribution in [0.25, 0.3) is 22.3 Å². The lowest BCUT2D eigenvalue weighted by Gasteiger charge is -2.11. The van der Waals surface area contributed by atoms with Gasteiger partial charge in [-0.05, 0) is 104 Å². The molecule has 0 spiro atoms. The van der Waals surface area contributed by atoms with Gasteiger partial charge in [0.25, 0.3) is 0 Å². The SMILES string of the molecule is Cc1cc2c(cc1C)=C(c1ccccc1)C1=c3cc(C)c(C)cc3=C(c3ccccc3)C=21. The second-order valence-electron chi connectivity index (χ2n) is 9.20. The molecule has 154 valence electrons. The summed E-state index contributed by atoms with van der Waals surface area (Å²) in [6.45, 7) is 8.92. The average Bonchev–Trinajstić information content (AvgIpc) is 3.28. The average molecular weight is 411 g/mol. The molecule has 0 aromatic heterocycles. The fourth-order valence-corrected chi connectivity index (χ4v) is 5.33. The van der Waals surface area contributed by atoms with Gasteiger partial charge in [-0.25, -0.2) is 0 Å². The Labute approximate surface area is 189 Å². The molecule has 0 saturated heterocycles. The zero-order chi connectivity index (χ0) is 22.0. The Bertz CT molecular complexity index is 1540. The van der Waals surface area contributed by atoms with Crippen molar-refractivity contribution in [3.05, 3.63) is 139 Å². The normalized spacial score (nSPS) is 14.0. The van der Waals surface area contributed by atoms with E-state index in [0.29, 0.717) is 0 Å². The monoisotopic (exact) mass is 410 g/mol. The van der Waals surface area contributed by atoms with Crippen molar-refractivity contribution in [1.29, 1.82) is 0 Å². The molecule has 0 heterocycles. The number of benzene rings is 4. The van der Waals surface area contributed by atoms with E-state index in [-0.39, 0.29) is 0 Å². The summed E-state index contributed by atoms with van der Waals surface area (Å²) >= 11 is 0. The van der Waals surface area contributed by atoms with E-state index in [1.165, 1.54) is 76.5 Å². The second kappa shape index (κ2) is 6.93. The van der Waals surface area contributed by atoms with Gasteiger partial charge in [0.1, 0.15) is 0 Å². The maximum absolute atomic E-state index is 2.41. The molecule has 0 heteroatoms. The van der Waals surface area contributed by atoms with Crippen molar-refractivity contribution in [1.82, 2.24) is 0 Å². The van der Waals surface area contributed by atoms with Gasteiger partial charge in [-0.15, -0.1) is 0 Å². The summed E-state index contributed by atoms with van der Waals surface area (Å²) in [4.78, 5) is 0. The van der Waals surface area contributed by atoms with E-state index in [2.05, 4.69) is 113 Å². The Morgan fingerprint density at radius 2 is 0.625 bits per heavy atom. The maximum atomic E-state index is 2.41. The Morgan fingerprint density at radius 1 is 0.344 bits per heavy atom. The van der Waals surface area contributed by atoms with Crippen molar-refractivity contribution in [2.24, 2.45) is 0 Å². The molecule has 0 nitrogen and oxygen atoms in total. The van der Waals surface area contributed by atoms with Crippen LogP contribution in [0, 0.1) is 27.7 Å². The molecule has 0 saturated carbocycles. The number of hydrogen-bond acceptors (Lipinski definition) is 0. The molecule has 0 bridgehead atoms. The highest BCUT2D eigenvalue weighted by Gasteiger charge is 2.30. The van der Waals surface area contributed by atoms with Crippen LogP contribution in [-0.2, 0) is 0 Å². The van der Waals surface area contributed by atoms with Crippen molar-refractivity contribution in [3.8, 4) is 0 Å². The predicted octanol–water partition coefficient (Wildman–Crippen LogP) is 4.35. The Kier molecular flexibility index (Phi) is 4.13. The van der Waals surface area contributed by atoms with E-state index >= 15 is 0 Å². The third-order valence-electron chi connectivity index (χ3n) is 7.22. The lowest BCUT2D eigenvalue weighted by molar-refractivity contribution is 1.29. The first-order chi connectivity index (χ1) is 15.5. The lowest BCUT2D eigenvalue weighted by Crippen LogP contribution is -2.30. The van der Waals surface area contributed by atoms with Crippen LogP contribution >= 0.6 is 0 Å². The molecule has 0 aliphatic heterocycles. The van der Waals surface area contributed by atoms with Gasteiger partial charge >= 0.3 is 0 Å². The van der Waals surface area contributed by atoms with E-state index in [0.717, 1.165) is 0 Å². The fourth-order valence-electron chi connectivity index (χ4n) is 5.33. The van der Waals surface area contributed by atoms with Crippen molar-refractivity contribution in [3.63, 3.8) is 0 Å². The molecule has 0 unspecified atom stereocenters. The van der Waals surface area contributed by atoms with Gasteiger partial charge < -0.3 is 0 Å². The van der Waals surface area contributed by atoms with Gasteiger partial charge in [0, 0.05) is 0 Å². The highest BCUT2D eigenvalue weighted by molar-refractivity contribution is 6.31. The summed E-state index contributed by atoms with van der Waals surface area (Å²) in [5, 5.41) is 5.46. The summed E-state index contributed by atoms with van der Waals surface area (Å²) < 4.78 is 0. The Balaban J connectivity index is 1.89. The Morgan fingerprint density at radius 3 is 0.938 bits per heavy atom. The van der Waals surface area contributed by atoms with Gasteiger partial charge in [-0.3, -0.25) is 0 Å². The van der Waals surface area contributed by atoms with Crippen LogP contribution in [-0.4, -0.2) is 0 Å². The van der Waals surface area contributed by atoms with Crippen LogP contribution in [0.4, 0.5) is 0 Å². The minimum atomic E-state index is 1.29. The number of aryl methyl sites for hydroxylation is 4. The van der Waals surface area contributed by atoms with Crippen LogP contribution in [0.1, 0.15) is 33.4 Å². The van der Waals surface area contributed by atoms with E-state index < -0.39 is 0 Å². The molecule has 2 aliphatic rings. The van der Waals surface area contributed by atoms with Gasteiger partial charge in [0.2, 0.25) is 0 Å². The molecular formula is C32H26. The minimum Gasteiger partial charge on any atom is -0.0622 e. The first kappa shape index (κ1) is 19.1. The molecule has 0 fully saturated rings. The quantitative estimate of drug-likeness (QED) is 0.461. The van der Waals surface area contributed by atoms with Gasteiger partial charge in [-0.1, -0.05) is 84.9 Å². The van der Waals surface area contributed by atoms with Gasteiger partial charge in [0.15, 0.2) is 0 Å². The fraction of sp³-hybridized carbons (Fsp3) is 0.125. The van der Waals surface area contributed by atoms with E-state index in [1.807, 2.05) is 0 Å². The molecule has 0 radical (unpaired) electrons. The number of fused-ring (bicyclic) bond motifs is 3. The summed E-state index contributed by atoms with van der Waals surface area (Å²) in [5.74, 6) is 0. The summed E-state index contributed by atoms with van der Waals surface area (Å²) in [7, 11) is 0. The third kappa shape index (κ3) is 2.63. The van der Waals surface area contributed by atoms with Crippen LogP contribution in [0.5, 0.6) is 0 Å². The molecule has 2 aliphatic carbocycles. The third-order valence-corrected chi connectivity index (χ3v) is 7.22. The Hall–Kier alpha value is -3.64. The first-order valence-corrected chi connectivity index (χ1v) is 11.4. The van der Waals surface area contributed by atoms with Crippen molar-refractivity contribution >= 4 is 22.3 Å². The molecule has 4 aromatic rings. The summed E-state index contributed by atoms with van der Waals surface area (Å²) in [6.07, 6.45) is 0. The molecule has 0 atom stereocenters. The summed E-state index contributed by atoms with van der Waals surface area (Å²) in [6, 6.07) is 31.4. The predicted molar refractivity (Wildman–Crippen MR) is 135 cm³/mol. The molecule has 6 rings (SSSR count). The molecular weight excluding hydrogens is 384 g/mol. The topological polar surface area (TPSA) is 0 Å². The zero-order valence-corrected chi connectivity index (χ0v) is 19.1. The minimum absolute atomic E-state index is 1.29. The highest BCUT2D eigenvalue weighted by atomic mass is 14.3. The van der Waals surface area contributed by atoms with E-state index in [4.69, 9.17) is 0 Å². The number of hydrogen-bond donors (Lipinski definition) is 0. The van der Waals surface area contributed by atoms with Gasteiger partial charge in [-0.2, -0.15) is 0 Å². The lowest BCUT2D eigenvalue weighted by atomic mass is 9.92. The first-order valence-electron chi connectivity index (χ1n) is 11.4. The van der Waals surface area contributed by atoms with Crippen molar-refractivity contribution in [2.45, 2.75) is 27.7 Å².